The number of carboxylic acid groups (broad SMARTS) is 1. The first-order chi connectivity index (χ1) is 18.6. The van der Waals surface area contributed by atoms with Gasteiger partial charge in [-0.2, -0.15) is 13.2 Å². The number of carbonyl (C=O) groups excluding carboxylic acids is 1. The van der Waals surface area contributed by atoms with Crippen LogP contribution < -0.4 is 9.04 Å². The molecule has 2 aliphatic rings. The number of aliphatic carboxylic acids is 1. The van der Waals surface area contributed by atoms with Crippen molar-refractivity contribution in [2.75, 3.05) is 45.1 Å². The number of sulfonamides is 1. The molecule has 2 aliphatic heterocycles. The topological polar surface area (TPSA) is 107 Å². The second-order valence-corrected chi connectivity index (χ2v) is 11.9. The summed E-state index contributed by atoms with van der Waals surface area (Å²) in [6.45, 7) is 5.63. The highest BCUT2D eigenvalue weighted by atomic mass is 32.2. The fourth-order valence-electron chi connectivity index (χ4n) is 5.00. The molecule has 0 aromatic heterocycles. The molecule has 1 unspecified atom stereocenters. The fraction of sp³-hybridized carbons (Fsp3) is 0.481. The Morgan fingerprint density at radius 1 is 1.07 bits per heavy atom. The number of piperidine rings is 1. The van der Waals surface area contributed by atoms with E-state index < -0.39 is 28.1 Å². The van der Waals surface area contributed by atoms with Crippen molar-refractivity contribution in [2.24, 2.45) is 0 Å². The average molecular weight is 586 g/mol. The molecule has 13 heteroatoms. The molecule has 1 N–H and O–H groups in total. The van der Waals surface area contributed by atoms with Gasteiger partial charge in [0.2, 0.25) is 5.91 Å². The molecule has 40 heavy (non-hydrogen) atoms. The van der Waals surface area contributed by atoms with Gasteiger partial charge in [0.15, 0.2) is 0 Å². The second-order valence-electron chi connectivity index (χ2n) is 10.0. The molecule has 0 saturated carbocycles. The van der Waals surface area contributed by atoms with Gasteiger partial charge < -0.3 is 19.6 Å². The summed E-state index contributed by atoms with van der Waals surface area (Å²) in [6.07, 6.45) is -3.22. The maximum Gasteiger partial charge on any atom is 0.490 e. The lowest BCUT2D eigenvalue weighted by Gasteiger charge is -2.36. The number of amides is 1. The highest BCUT2D eigenvalue weighted by Gasteiger charge is 2.42. The number of anilines is 1. The molecule has 0 bridgehead atoms. The van der Waals surface area contributed by atoms with Gasteiger partial charge in [0.05, 0.1) is 30.2 Å². The smallest absolute Gasteiger partial charge is 0.490 e. The number of halogens is 3. The Hall–Kier alpha value is -3.32. The summed E-state index contributed by atoms with van der Waals surface area (Å²) in [5.41, 5.74) is 2.73. The molecular weight excluding hydrogens is 551 g/mol. The van der Waals surface area contributed by atoms with E-state index >= 15 is 0 Å². The highest BCUT2D eigenvalue weighted by molar-refractivity contribution is 7.93. The number of aryl methyl sites for hydroxylation is 2. The maximum atomic E-state index is 13.8. The number of para-hydroxylation sites is 1. The van der Waals surface area contributed by atoms with E-state index in [9.17, 15) is 26.4 Å². The van der Waals surface area contributed by atoms with Gasteiger partial charge in [-0.25, -0.2) is 13.2 Å². The van der Waals surface area contributed by atoms with Crippen molar-refractivity contribution in [3.63, 3.8) is 0 Å². The molecule has 1 fully saturated rings. The summed E-state index contributed by atoms with van der Waals surface area (Å²) in [6, 6.07) is 10.9. The van der Waals surface area contributed by atoms with E-state index in [-0.39, 0.29) is 23.4 Å². The lowest BCUT2D eigenvalue weighted by atomic mass is 9.97. The predicted molar refractivity (Wildman–Crippen MR) is 143 cm³/mol. The third-order valence-corrected chi connectivity index (χ3v) is 9.24. The Morgan fingerprint density at radius 3 is 2.20 bits per heavy atom. The minimum absolute atomic E-state index is 0.0164. The van der Waals surface area contributed by atoms with Gasteiger partial charge in [-0.15, -0.1) is 0 Å². The Kier molecular flexibility index (Phi) is 9.40. The molecule has 2 aromatic carbocycles. The highest BCUT2D eigenvalue weighted by Crippen LogP contribution is 2.41. The van der Waals surface area contributed by atoms with Crippen molar-refractivity contribution < 1.29 is 41.0 Å². The van der Waals surface area contributed by atoms with Crippen molar-refractivity contribution in [3.05, 3.63) is 53.1 Å². The van der Waals surface area contributed by atoms with Gasteiger partial charge in [-0.3, -0.25) is 9.10 Å². The van der Waals surface area contributed by atoms with Crippen LogP contribution in [0.3, 0.4) is 0 Å². The van der Waals surface area contributed by atoms with Gasteiger partial charge >= 0.3 is 12.1 Å². The first kappa shape index (κ1) is 31.2. The van der Waals surface area contributed by atoms with Crippen molar-refractivity contribution >= 4 is 27.6 Å². The molecule has 1 atom stereocenters. The number of carboxylic acids is 1. The minimum atomic E-state index is -5.08. The van der Waals surface area contributed by atoms with Crippen LogP contribution in [-0.2, 0) is 19.6 Å². The van der Waals surface area contributed by atoms with E-state index in [4.69, 9.17) is 14.6 Å². The molecule has 0 radical (unpaired) electrons. The van der Waals surface area contributed by atoms with E-state index in [1.807, 2.05) is 37.1 Å². The van der Waals surface area contributed by atoms with Crippen LogP contribution in [0.1, 0.15) is 35.4 Å². The first-order valence-electron chi connectivity index (χ1n) is 12.6. The molecule has 0 aliphatic carbocycles. The molecule has 2 heterocycles. The number of likely N-dealkylation sites (tertiary alicyclic amines) is 1. The zero-order valence-electron chi connectivity index (χ0n) is 23.0. The van der Waals surface area contributed by atoms with Crippen molar-refractivity contribution in [1.82, 2.24) is 9.80 Å². The lowest BCUT2D eigenvalue weighted by Crippen LogP contribution is -2.46. The largest absolute Gasteiger partial charge is 0.496 e. The third-order valence-electron chi connectivity index (χ3n) is 7.31. The van der Waals surface area contributed by atoms with E-state index in [2.05, 4.69) is 11.9 Å². The number of benzene rings is 2. The van der Waals surface area contributed by atoms with Crippen LogP contribution in [-0.4, -0.2) is 88.3 Å². The number of likely N-dealkylation sites (N-methyl/N-ethyl adjacent to an activating group) is 1. The Morgan fingerprint density at radius 2 is 1.65 bits per heavy atom. The summed E-state index contributed by atoms with van der Waals surface area (Å²) >= 11 is 0. The number of ether oxygens (including phenoxy) is 1. The van der Waals surface area contributed by atoms with Gasteiger partial charge in [-0.05, 0) is 81.7 Å². The number of methoxy groups -OCH3 is 1. The molecular formula is C27H34F3N3O6S. The van der Waals surface area contributed by atoms with Crippen molar-refractivity contribution in [2.45, 2.75) is 49.7 Å². The molecule has 220 valence electrons. The molecule has 0 spiro atoms. The number of hydrogen-bond donors (Lipinski definition) is 1. The van der Waals surface area contributed by atoms with Crippen LogP contribution >= 0.6 is 0 Å². The maximum absolute atomic E-state index is 13.8. The van der Waals surface area contributed by atoms with Crippen LogP contribution in [0.2, 0.25) is 0 Å². The van der Waals surface area contributed by atoms with E-state index in [1.165, 1.54) is 4.31 Å². The molecule has 9 nitrogen and oxygen atoms in total. The zero-order valence-corrected chi connectivity index (χ0v) is 23.8. The predicted octanol–water partition coefficient (Wildman–Crippen LogP) is 3.79. The number of alkyl halides is 3. The molecule has 2 aromatic rings. The summed E-state index contributed by atoms with van der Waals surface area (Å²) in [7, 11) is 1.67. The first-order valence-corrected chi connectivity index (χ1v) is 14.1. The Balaban J connectivity index is 0.000000559. The second kappa shape index (κ2) is 12.0. The number of rotatable bonds is 5. The minimum Gasteiger partial charge on any atom is -0.496 e. The van der Waals surface area contributed by atoms with E-state index in [0.29, 0.717) is 17.0 Å². The SMILES string of the molecule is COc1cc(C)c(S(=O)(=O)N2CC(C(=O)N(C)C3CCN(C)CC3)c3ccccc32)cc1C.O=C(O)C(F)(F)F. The average Bonchev–Trinajstić information content (AvgIpc) is 3.29. The van der Waals surface area contributed by atoms with Gasteiger partial charge in [0.1, 0.15) is 5.75 Å². The number of hydrogen-bond acceptors (Lipinski definition) is 6. The molecule has 4 rings (SSSR count). The molecule has 1 saturated heterocycles. The lowest BCUT2D eigenvalue weighted by molar-refractivity contribution is -0.192. The number of nitrogens with zero attached hydrogens (tertiary/aromatic N) is 3. The quantitative estimate of drug-likeness (QED) is 0.569. The van der Waals surface area contributed by atoms with Gasteiger partial charge in [0, 0.05) is 13.1 Å². The van der Waals surface area contributed by atoms with Crippen molar-refractivity contribution in [1.29, 1.82) is 0 Å². The Bertz CT molecular complexity index is 1360. The van der Waals surface area contributed by atoms with Crippen LogP contribution in [0, 0.1) is 13.8 Å². The van der Waals surface area contributed by atoms with Crippen LogP contribution in [0.5, 0.6) is 5.75 Å². The van der Waals surface area contributed by atoms with Crippen molar-refractivity contribution in [3.8, 4) is 5.75 Å². The monoisotopic (exact) mass is 585 g/mol. The summed E-state index contributed by atoms with van der Waals surface area (Å²) in [5, 5.41) is 7.12. The standard InChI is InChI=1S/C25H33N3O4S.C2HF3O2/c1-17-15-24(18(2)14-23(17)32-5)33(30,31)28-16-21(20-8-6-7-9-22(20)28)25(29)27(4)19-10-12-26(3)13-11-19;3-2(4,5)1(6)7/h6-9,14-15,19,21H,10-13,16H2,1-5H3;(H,6,7). The summed E-state index contributed by atoms with van der Waals surface area (Å²) < 4.78 is 66.1. The normalized spacial score (nSPS) is 18.0. The zero-order chi connectivity index (χ0) is 30.0. The van der Waals surface area contributed by atoms with E-state index in [0.717, 1.165) is 37.1 Å². The van der Waals surface area contributed by atoms with Gasteiger partial charge in [0.25, 0.3) is 10.0 Å². The van der Waals surface area contributed by atoms with E-state index in [1.54, 1.807) is 32.2 Å². The fourth-order valence-corrected chi connectivity index (χ4v) is 6.80. The van der Waals surface area contributed by atoms with Crippen LogP contribution in [0.15, 0.2) is 41.3 Å². The van der Waals surface area contributed by atoms with Gasteiger partial charge in [-0.1, -0.05) is 18.2 Å². The van der Waals surface area contributed by atoms with Crippen LogP contribution in [0.25, 0.3) is 0 Å². The number of carbonyl (C=O) groups is 2. The summed E-state index contributed by atoms with van der Waals surface area (Å²) in [5.74, 6) is -2.63. The number of fused-ring (bicyclic) bond motifs is 1. The Labute approximate surface area is 232 Å². The summed E-state index contributed by atoms with van der Waals surface area (Å²) in [4.78, 5) is 26.8. The van der Waals surface area contributed by atoms with Crippen LogP contribution in [0.4, 0.5) is 18.9 Å². The molecule has 1 amide bonds. The third kappa shape index (κ3) is 6.52.